The number of carbonyl (C=O) groups excluding carboxylic acids is 1. The molecular weight excluding hydrogens is 458 g/mol. The number of urea groups is 1. The Bertz CT molecular complexity index is 983. The maximum absolute atomic E-state index is 13.2. The van der Waals surface area contributed by atoms with Gasteiger partial charge in [0.25, 0.3) is 0 Å². The molecule has 3 heterocycles. The van der Waals surface area contributed by atoms with E-state index in [1.165, 1.54) is 4.88 Å². The maximum Gasteiger partial charge on any atom is 0.317 e. The van der Waals surface area contributed by atoms with E-state index in [0.29, 0.717) is 25.6 Å². The number of aryl methyl sites for hydroxylation is 1. The van der Waals surface area contributed by atoms with Gasteiger partial charge in [-0.1, -0.05) is 18.2 Å². The summed E-state index contributed by atoms with van der Waals surface area (Å²) in [5.74, 6) is 1.40. The number of hydrogen-bond donors (Lipinski definition) is 1. The zero-order valence-electron chi connectivity index (χ0n) is 20.6. The average molecular weight is 496 g/mol. The smallest absolute Gasteiger partial charge is 0.317 e. The van der Waals surface area contributed by atoms with Crippen LogP contribution < -0.4 is 10.1 Å². The second kappa shape index (κ2) is 13.3. The number of nitrogens with one attached hydrogen (secondary N) is 1. The van der Waals surface area contributed by atoms with E-state index in [0.717, 1.165) is 63.3 Å². The van der Waals surface area contributed by atoms with Gasteiger partial charge in [-0.2, -0.15) is 0 Å². The first-order valence-electron chi connectivity index (χ1n) is 12.6. The first-order chi connectivity index (χ1) is 17.2. The maximum atomic E-state index is 13.2. The van der Waals surface area contributed by atoms with E-state index in [1.54, 1.807) is 6.20 Å². The highest BCUT2D eigenvalue weighted by Gasteiger charge is 2.21. The van der Waals surface area contributed by atoms with Gasteiger partial charge >= 0.3 is 6.03 Å². The molecule has 35 heavy (non-hydrogen) atoms. The molecule has 0 bridgehead atoms. The molecule has 0 aliphatic carbocycles. The molecule has 1 aliphatic heterocycles. The third kappa shape index (κ3) is 8.11. The normalized spacial score (nSPS) is 14.7. The summed E-state index contributed by atoms with van der Waals surface area (Å²) < 4.78 is 7.61. The number of piperidine rings is 1. The molecule has 0 atom stereocenters. The number of likely N-dealkylation sites (tertiary alicyclic amines) is 1. The van der Waals surface area contributed by atoms with Gasteiger partial charge in [-0.15, -0.1) is 11.3 Å². The molecule has 188 valence electrons. The number of thiophene rings is 1. The van der Waals surface area contributed by atoms with Crippen molar-refractivity contribution in [3.8, 4) is 5.75 Å². The average Bonchev–Trinajstić information content (AvgIpc) is 3.59. The number of benzene rings is 1. The molecule has 1 saturated heterocycles. The molecule has 1 N–H and O–H groups in total. The molecule has 2 aromatic heterocycles. The molecule has 0 unspecified atom stereocenters. The highest BCUT2D eigenvalue weighted by atomic mass is 32.1. The molecule has 8 heteroatoms. The van der Waals surface area contributed by atoms with Crippen molar-refractivity contribution in [1.29, 1.82) is 0 Å². The van der Waals surface area contributed by atoms with Crippen LogP contribution in [0.5, 0.6) is 5.75 Å². The highest BCUT2D eigenvalue weighted by molar-refractivity contribution is 7.09. The number of hydrogen-bond acceptors (Lipinski definition) is 5. The first kappa shape index (κ1) is 25.3. The quantitative estimate of drug-likeness (QED) is 0.390. The van der Waals surface area contributed by atoms with Gasteiger partial charge in [-0.25, -0.2) is 9.78 Å². The van der Waals surface area contributed by atoms with Crippen LogP contribution in [-0.2, 0) is 19.6 Å². The van der Waals surface area contributed by atoms with Crippen LogP contribution in [0.4, 0.5) is 4.79 Å². The summed E-state index contributed by atoms with van der Waals surface area (Å²) >= 11 is 1.83. The lowest BCUT2D eigenvalue weighted by molar-refractivity contribution is 0.167. The van der Waals surface area contributed by atoms with Crippen molar-refractivity contribution < 1.29 is 9.53 Å². The molecule has 0 spiro atoms. The van der Waals surface area contributed by atoms with Gasteiger partial charge in [0.2, 0.25) is 0 Å². The van der Waals surface area contributed by atoms with E-state index in [4.69, 9.17) is 4.74 Å². The van der Waals surface area contributed by atoms with Gasteiger partial charge in [-0.05, 0) is 74.3 Å². The Balaban J connectivity index is 1.26. The van der Waals surface area contributed by atoms with Crippen LogP contribution in [0.2, 0.25) is 0 Å². The number of ether oxygens (including phenoxy) is 1. The van der Waals surface area contributed by atoms with Crippen molar-refractivity contribution >= 4 is 17.4 Å². The monoisotopic (exact) mass is 495 g/mol. The first-order valence-corrected chi connectivity index (χ1v) is 13.5. The van der Waals surface area contributed by atoms with E-state index >= 15 is 0 Å². The molecule has 0 saturated carbocycles. The Kier molecular flexibility index (Phi) is 9.60. The van der Waals surface area contributed by atoms with Crippen LogP contribution >= 0.6 is 11.3 Å². The summed E-state index contributed by atoms with van der Waals surface area (Å²) in [6, 6.07) is 12.4. The Morgan fingerprint density at radius 1 is 1.23 bits per heavy atom. The SMILES string of the molecule is CCOc1ccc(CN(CCCn2ccnc2)C(=O)NCC2CCN(Cc3cccs3)CC2)cc1. The van der Waals surface area contributed by atoms with Crippen LogP contribution in [0.3, 0.4) is 0 Å². The van der Waals surface area contributed by atoms with E-state index in [-0.39, 0.29) is 6.03 Å². The van der Waals surface area contributed by atoms with E-state index in [9.17, 15) is 4.79 Å². The minimum Gasteiger partial charge on any atom is -0.494 e. The summed E-state index contributed by atoms with van der Waals surface area (Å²) in [7, 11) is 0. The van der Waals surface area contributed by atoms with Crippen LogP contribution in [-0.4, -0.2) is 58.2 Å². The largest absolute Gasteiger partial charge is 0.494 e. The van der Waals surface area contributed by atoms with Crippen molar-refractivity contribution in [2.24, 2.45) is 5.92 Å². The van der Waals surface area contributed by atoms with Gasteiger partial charge < -0.3 is 19.5 Å². The summed E-state index contributed by atoms with van der Waals surface area (Å²) in [5.41, 5.74) is 1.10. The Morgan fingerprint density at radius 3 is 2.74 bits per heavy atom. The van der Waals surface area contributed by atoms with E-state index in [2.05, 4.69) is 37.3 Å². The minimum absolute atomic E-state index is 0.0190. The van der Waals surface area contributed by atoms with Crippen LogP contribution in [0.15, 0.2) is 60.5 Å². The minimum atomic E-state index is 0.0190. The topological polar surface area (TPSA) is 62.6 Å². The van der Waals surface area contributed by atoms with Crippen molar-refractivity contribution in [2.45, 2.75) is 45.8 Å². The summed E-state index contributed by atoms with van der Waals surface area (Å²) in [5, 5.41) is 5.38. The molecule has 1 aliphatic rings. The molecule has 0 radical (unpaired) electrons. The zero-order chi connectivity index (χ0) is 24.3. The molecule has 3 aromatic rings. The fourth-order valence-corrected chi connectivity index (χ4v) is 5.25. The number of imidazole rings is 1. The molecule has 2 amide bonds. The van der Waals surface area contributed by atoms with Crippen LogP contribution in [0.25, 0.3) is 0 Å². The van der Waals surface area contributed by atoms with E-state index in [1.807, 2.05) is 60.0 Å². The molecule has 1 fully saturated rings. The molecule has 4 rings (SSSR count). The summed E-state index contributed by atoms with van der Waals surface area (Å²) in [4.78, 5) is 23.2. The Labute approximate surface area is 212 Å². The van der Waals surface area contributed by atoms with Crippen molar-refractivity contribution in [3.05, 3.63) is 70.9 Å². The van der Waals surface area contributed by atoms with Gasteiger partial charge in [0.05, 0.1) is 12.9 Å². The number of aromatic nitrogens is 2. The van der Waals surface area contributed by atoms with Gasteiger partial charge in [-0.3, -0.25) is 4.90 Å². The van der Waals surface area contributed by atoms with Crippen molar-refractivity contribution in [3.63, 3.8) is 0 Å². The fraction of sp³-hybridized carbons (Fsp3) is 0.481. The molecule has 7 nitrogen and oxygen atoms in total. The Morgan fingerprint density at radius 2 is 2.06 bits per heavy atom. The number of amides is 2. The third-order valence-corrected chi connectivity index (χ3v) is 7.37. The van der Waals surface area contributed by atoms with Gasteiger partial charge in [0, 0.05) is 50.0 Å². The van der Waals surface area contributed by atoms with Crippen LogP contribution in [0.1, 0.15) is 36.6 Å². The van der Waals surface area contributed by atoms with E-state index < -0.39 is 0 Å². The number of nitrogens with zero attached hydrogens (tertiary/aromatic N) is 4. The lowest BCUT2D eigenvalue weighted by atomic mass is 9.97. The lowest BCUT2D eigenvalue weighted by Gasteiger charge is -2.32. The van der Waals surface area contributed by atoms with Crippen molar-refractivity contribution in [2.75, 3.05) is 32.8 Å². The fourth-order valence-electron chi connectivity index (χ4n) is 4.51. The highest BCUT2D eigenvalue weighted by Crippen LogP contribution is 2.20. The standard InChI is InChI=1S/C27H37N5O2S/c1-2-34-25-8-6-24(7-9-25)20-32(14-4-13-31-17-12-28-22-31)27(33)29-19-23-10-15-30(16-11-23)21-26-5-3-18-35-26/h3,5-9,12,17-18,22-23H,2,4,10-11,13-16,19-21H2,1H3,(H,29,33). The summed E-state index contributed by atoms with van der Waals surface area (Å²) in [6.45, 7) is 8.73. The van der Waals surface area contributed by atoms with Gasteiger partial charge in [0.1, 0.15) is 5.75 Å². The predicted octanol–water partition coefficient (Wildman–Crippen LogP) is 4.86. The number of rotatable bonds is 12. The predicted molar refractivity (Wildman–Crippen MR) is 141 cm³/mol. The second-order valence-electron chi connectivity index (χ2n) is 9.14. The second-order valence-corrected chi connectivity index (χ2v) is 10.2. The lowest BCUT2D eigenvalue weighted by Crippen LogP contribution is -2.44. The Hall–Kier alpha value is -2.84. The summed E-state index contributed by atoms with van der Waals surface area (Å²) in [6.07, 6.45) is 8.71. The third-order valence-electron chi connectivity index (χ3n) is 6.51. The zero-order valence-corrected chi connectivity index (χ0v) is 21.5. The number of carbonyl (C=O) groups is 1. The van der Waals surface area contributed by atoms with Crippen molar-refractivity contribution in [1.82, 2.24) is 24.7 Å². The van der Waals surface area contributed by atoms with Crippen LogP contribution in [0, 0.1) is 5.92 Å². The molecular formula is C27H37N5O2S. The van der Waals surface area contributed by atoms with Gasteiger partial charge in [0.15, 0.2) is 0 Å². The molecule has 1 aromatic carbocycles.